The predicted molar refractivity (Wildman–Crippen MR) is 75.2 cm³/mol. The van der Waals surface area contributed by atoms with Gasteiger partial charge in [0.1, 0.15) is 11.6 Å². The molecule has 0 aliphatic carbocycles. The van der Waals surface area contributed by atoms with E-state index in [9.17, 15) is 19.2 Å². The Bertz CT molecular complexity index is 493. The van der Waals surface area contributed by atoms with Crippen molar-refractivity contribution in [3.63, 3.8) is 0 Å². The van der Waals surface area contributed by atoms with Gasteiger partial charge in [0.05, 0.1) is 0 Å². The van der Waals surface area contributed by atoms with Gasteiger partial charge in [-0.25, -0.2) is 18.4 Å². The molecule has 0 aromatic carbocycles. The summed E-state index contributed by atoms with van der Waals surface area (Å²) in [5.74, 6) is -0.779. The van der Waals surface area contributed by atoms with Gasteiger partial charge >= 0.3 is 12.1 Å². The molecule has 2 aliphatic rings. The average Bonchev–Trinajstić information content (AvgIpc) is 2.69. The van der Waals surface area contributed by atoms with E-state index in [1.54, 1.807) is 6.92 Å². The van der Waals surface area contributed by atoms with E-state index in [2.05, 4.69) is 0 Å². The summed E-state index contributed by atoms with van der Waals surface area (Å²) in [6, 6.07) is -1.69. The van der Waals surface area contributed by atoms with Crippen LogP contribution in [0.4, 0.5) is 9.59 Å². The monoisotopic (exact) mass is 358 g/mol. The molecule has 8 nitrogen and oxygen atoms in total. The van der Waals surface area contributed by atoms with Gasteiger partial charge in [-0.3, -0.25) is 14.5 Å². The molecule has 21 heavy (non-hydrogen) atoms. The maximum atomic E-state index is 11.1. The van der Waals surface area contributed by atoms with Gasteiger partial charge in [-0.1, -0.05) is 0 Å². The van der Waals surface area contributed by atoms with Crippen molar-refractivity contribution in [1.82, 2.24) is 18.2 Å². The molecule has 1 atom stereocenters. The summed E-state index contributed by atoms with van der Waals surface area (Å²) >= 11 is 16.2. The molecule has 0 N–H and O–H groups in total. The van der Waals surface area contributed by atoms with Crippen molar-refractivity contribution in [2.45, 2.75) is 32.4 Å². The summed E-state index contributed by atoms with van der Waals surface area (Å²) in [6.07, 6.45) is 0. The van der Waals surface area contributed by atoms with Crippen LogP contribution < -0.4 is 0 Å². The van der Waals surface area contributed by atoms with Gasteiger partial charge in [0, 0.05) is 42.4 Å². The number of halogens is 3. The van der Waals surface area contributed by atoms with Gasteiger partial charge in [0.15, 0.2) is 0 Å². The van der Waals surface area contributed by atoms with Crippen LogP contribution in [0.1, 0.15) is 20.8 Å². The van der Waals surface area contributed by atoms with Crippen molar-refractivity contribution in [3.8, 4) is 0 Å². The van der Waals surface area contributed by atoms with Crippen LogP contribution in [-0.2, 0) is 9.59 Å². The quantitative estimate of drug-likeness (QED) is 0.487. The summed E-state index contributed by atoms with van der Waals surface area (Å²) in [5, 5.41) is 0. The van der Waals surface area contributed by atoms with Crippen molar-refractivity contribution in [2.75, 3.05) is 7.05 Å². The van der Waals surface area contributed by atoms with E-state index in [1.807, 2.05) is 0 Å². The largest absolute Gasteiger partial charge is 0.357 e. The van der Waals surface area contributed by atoms with Gasteiger partial charge in [-0.15, -0.1) is 0 Å². The van der Waals surface area contributed by atoms with Gasteiger partial charge in [0.25, 0.3) is 11.8 Å². The maximum Gasteiger partial charge on any atom is 0.357 e. The number of likely N-dealkylation sites (N-methyl/N-ethyl adjacent to an activating group) is 1. The van der Waals surface area contributed by atoms with Crippen LogP contribution in [0, 0.1) is 0 Å². The van der Waals surface area contributed by atoms with E-state index in [0.29, 0.717) is 4.42 Å². The first kappa shape index (κ1) is 17.8. The first-order valence-electron chi connectivity index (χ1n) is 5.71. The van der Waals surface area contributed by atoms with E-state index in [1.165, 1.54) is 20.9 Å². The van der Waals surface area contributed by atoms with Gasteiger partial charge < -0.3 is 0 Å². The highest BCUT2D eigenvalue weighted by molar-refractivity contribution is 6.38. The minimum atomic E-state index is -1.04. The summed E-state index contributed by atoms with van der Waals surface area (Å²) in [7, 11) is 1.41. The van der Waals surface area contributed by atoms with E-state index in [-0.39, 0.29) is 5.91 Å². The molecule has 0 bridgehead atoms. The van der Waals surface area contributed by atoms with Crippen LogP contribution in [0.5, 0.6) is 0 Å². The minimum Gasteiger partial charge on any atom is -0.272 e. The molecular weight excluding hydrogens is 346 g/mol. The first-order chi connectivity index (χ1) is 9.44. The smallest absolute Gasteiger partial charge is 0.272 e. The molecule has 6 amide bonds. The number of rotatable bonds is 0. The highest BCUT2D eigenvalue weighted by Crippen LogP contribution is 2.30. The Hall–Kier alpha value is -1.25. The molecule has 0 aromatic heterocycles. The van der Waals surface area contributed by atoms with E-state index >= 15 is 0 Å². The minimum absolute atomic E-state index is 0.264. The molecule has 0 spiro atoms. The molecule has 2 saturated heterocycles. The van der Waals surface area contributed by atoms with E-state index in [4.69, 9.17) is 35.3 Å². The van der Waals surface area contributed by atoms with E-state index in [0.717, 1.165) is 13.7 Å². The topological polar surface area (TPSA) is 81.2 Å². The summed E-state index contributed by atoms with van der Waals surface area (Å²) in [6.45, 7) is 4.61. The first-order valence-corrected chi connectivity index (χ1v) is 6.72. The zero-order valence-corrected chi connectivity index (χ0v) is 13.9. The zero-order chi connectivity index (χ0) is 16.7. The second-order valence-electron chi connectivity index (χ2n) is 4.88. The van der Waals surface area contributed by atoms with Gasteiger partial charge in [-0.2, -0.15) is 4.42 Å². The molecule has 2 heterocycles. The normalized spacial score (nSPS) is 24.8. The Morgan fingerprint density at radius 3 is 1.57 bits per heavy atom. The van der Waals surface area contributed by atoms with Crippen molar-refractivity contribution in [1.29, 1.82) is 0 Å². The number of carbonyl (C=O) groups is 4. The van der Waals surface area contributed by atoms with Crippen molar-refractivity contribution in [3.05, 3.63) is 0 Å². The molecule has 0 radical (unpaired) electrons. The Labute approximate surface area is 136 Å². The van der Waals surface area contributed by atoms with Crippen LogP contribution in [0.3, 0.4) is 0 Å². The number of imide groups is 2. The van der Waals surface area contributed by atoms with Gasteiger partial charge in [0.2, 0.25) is 0 Å². The fourth-order valence-electron chi connectivity index (χ4n) is 1.51. The Balaban J connectivity index is 0.000000211. The molecule has 2 aliphatic heterocycles. The number of carbonyl (C=O) groups excluding carboxylic acids is 4. The fraction of sp³-hybridized carbons (Fsp3) is 0.600. The molecule has 2 fully saturated rings. The lowest BCUT2D eigenvalue weighted by Crippen LogP contribution is -2.38. The Morgan fingerprint density at radius 1 is 1.00 bits per heavy atom. The summed E-state index contributed by atoms with van der Waals surface area (Å²) < 4.78 is 2.15. The number of hydrogen-bond acceptors (Lipinski definition) is 4. The lowest BCUT2D eigenvalue weighted by molar-refractivity contribution is -0.128. The molecule has 118 valence electrons. The number of nitrogens with zero attached hydrogens (tertiary/aromatic N) is 4. The molecular formula is C10H13Cl3N4O4. The third-order valence-corrected chi connectivity index (χ3v) is 4.33. The van der Waals surface area contributed by atoms with Crippen molar-refractivity contribution in [2.24, 2.45) is 0 Å². The predicted octanol–water partition coefficient (Wildman–Crippen LogP) is 1.76. The van der Waals surface area contributed by atoms with Crippen LogP contribution >= 0.6 is 35.3 Å². The fourth-order valence-corrected chi connectivity index (χ4v) is 2.17. The van der Waals surface area contributed by atoms with E-state index < -0.39 is 29.6 Å². The molecule has 0 aromatic rings. The van der Waals surface area contributed by atoms with Crippen LogP contribution in [0.15, 0.2) is 0 Å². The molecule has 0 saturated carbocycles. The SMILES string of the molecule is CC1(C)C(=O)N(Cl)C(=O)N1Cl.CC1C(=O)N(C)C(=O)N1Cl. The van der Waals surface area contributed by atoms with Gasteiger partial charge in [-0.05, 0) is 20.8 Å². The highest BCUT2D eigenvalue weighted by atomic mass is 35.5. The third-order valence-electron chi connectivity index (χ3n) is 3.03. The summed E-state index contributed by atoms with van der Waals surface area (Å²) in [5.41, 5.74) is -1.04. The van der Waals surface area contributed by atoms with Crippen molar-refractivity contribution < 1.29 is 19.2 Å². The van der Waals surface area contributed by atoms with Crippen LogP contribution in [0.25, 0.3) is 0 Å². The molecule has 2 rings (SSSR count). The zero-order valence-electron chi connectivity index (χ0n) is 11.6. The molecule has 11 heteroatoms. The standard InChI is InChI=1S/C5H6Cl2N2O2.C5H7ClN2O2/c1-5(2)3(10)8(6)4(11)9(5)7;1-3-4(9)7(2)5(10)8(3)6/h1-2H3;3H,1-2H3. The second kappa shape index (κ2) is 5.86. The lowest BCUT2D eigenvalue weighted by atomic mass is 10.1. The second-order valence-corrected chi connectivity index (χ2v) is 5.92. The Kier molecular flexibility index (Phi) is 4.97. The third kappa shape index (κ3) is 2.88. The molecule has 1 unspecified atom stereocenters. The van der Waals surface area contributed by atoms with Crippen molar-refractivity contribution >= 4 is 59.2 Å². The summed E-state index contributed by atoms with van der Waals surface area (Å²) in [4.78, 5) is 44.7. The number of hydrogen-bond donors (Lipinski definition) is 0. The van der Waals surface area contributed by atoms with Crippen LogP contribution in [0.2, 0.25) is 0 Å². The number of amides is 6. The average molecular weight is 360 g/mol. The Morgan fingerprint density at radius 2 is 1.48 bits per heavy atom. The lowest BCUT2D eigenvalue weighted by Gasteiger charge is -2.18. The highest BCUT2D eigenvalue weighted by Gasteiger charge is 2.51. The maximum absolute atomic E-state index is 11.1. The van der Waals surface area contributed by atoms with Crippen LogP contribution in [-0.4, -0.2) is 60.7 Å². The number of urea groups is 2.